The summed E-state index contributed by atoms with van der Waals surface area (Å²) in [6.45, 7) is 2.25. The monoisotopic (exact) mass is 213 g/mol. The Morgan fingerprint density at radius 2 is 2.00 bits per heavy atom. The maximum absolute atomic E-state index is 5.98. The number of nitrogen functional groups attached to an aromatic ring is 1. The third-order valence-electron chi connectivity index (χ3n) is 3.25. The predicted octanol–water partition coefficient (Wildman–Crippen LogP) is 2.58. The van der Waals surface area contributed by atoms with Gasteiger partial charge in [-0.25, -0.2) is 4.68 Å². The van der Waals surface area contributed by atoms with E-state index in [0.717, 1.165) is 23.1 Å². The number of anilines is 1. The fourth-order valence-corrected chi connectivity index (χ4v) is 2.11. The molecule has 0 radical (unpaired) electrons. The maximum atomic E-state index is 5.98. The number of hydrogen-bond donors (Lipinski definition) is 1. The van der Waals surface area contributed by atoms with Crippen molar-refractivity contribution in [2.75, 3.05) is 5.73 Å². The second-order valence-corrected chi connectivity index (χ2v) is 4.56. The Bertz CT molecular complexity index is 501. The van der Waals surface area contributed by atoms with E-state index in [1.807, 2.05) is 41.1 Å². The number of nitrogens with zero attached hydrogens (tertiary/aromatic N) is 2. The zero-order chi connectivity index (χ0) is 11.1. The first-order valence-corrected chi connectivity index (χ1v) is 5.66. The molecule has 2 atom stereocenters. The lowest BCUT2D eigenvalue weighted by molar-refractivity contribution is 0.816. The van der Waals surface area contributed by atoms with E-state index < -0.39 is 0 Å². The highest BCUT2D eigenvalue weighted by Gasteiger charge is 2.36. The van der Waals surface area contributed by atoms with Crippen molar-refractivity contribution in [3.8, 4) is 5.69 Å². The lowest BCUT2D eigenvalue weighted by Gasteiger charge is -2.02. The van der Waals surface area contributed by atoms with Crippen molar-refractivity contribution in [2.24, 2.45) is 5.92 Å². The molecule has 0 aliphatic heterocycles. The maximum Gasteiger partial charge on any atom is 0.127 e. The number of aromatic nitrogens is 2. The molecule has 1 aliphatic rings. The van der Waals surface area contributed by atoms with Crippen molar-refractivity contribution < 1.29 is 0 Å². The molecule has 16 heavy (non-hydrogen) atoms. The standard InChI is InChI=1S/C13H15N3/c1-9-7-11(9)12-8-13(14)16(15-12)10-5-3-2-4-6-10/h2-6,8-9,11H,7,14H2,1H3/t9-,11-/m1/s1. The summed E-state index contributed by atoms with van der Waals surface area (Å²) in [4.78, 5) is 0. The molecule has 2 N–H and O–H groups in total. The predicted molar refractivity (Wildman–Crippen MR) is 64.5 cm³/mol. The molecule has 1 fully saturated rings. The Kier molecular flexibility index (Phi) is 1.99. The van der Waals surface area contributed by atoms with Gasteiger partial charge in [0.05, 0.1) is 11.4 Å². The zero-order valence-electron chi connectivity index (χ0n) is 9.30. The van der Waals surface area contributed by atoms with Crippen molar-refractivity contribution in [1.29, 1.82) is 0 Å². The van der Waals surface area contributed by atoms with Crippen LogP contribution in [0.2, 0.25) is 0 Å². The molecule has 1 aromatic heterocycles. The van der Waals surface area contributed by atoms with Gasteiger partial charge in [-0.3, -0.25) is 0 Å². The fraction of sp³-hybridized carbons (Fsp3) is 0.308. The summed E-state index contributed by atoms with van der Waals surface area (Å²) in [6.07, 6.45) is 1.24. The molecule has 3 rings (SSSR count). The van der Waals surface area contributed by atoms with Crippen LogP contribution >= 0.6 is 0 Å². The summed E-state index contributed by atoms with van der Waals surface area (Å²) in [7, 11) is 0. The summed E-state index contributed by atoms with van der Waals surface area (Å²) in [5, 5.41) is 4.58. The third kappa shape index (κ3) is 1.48. The molecule has 1 heterocycles. The fourth-order valence-electron chi connectivity index (χ4n) is 2.11. The van der Waals surface area contributed by atoms with Crippen molar-refractivity contribution in [3.63, 3.8) is 0 Å². The van der Waals surface area contributed by atoms with Crippen molar-refractivity contribution in [2.45, 2.75) is 19.3 Å². The second kappa shape index (κ2) is 3.37. The van der Waals surface area contributed by atoms with Gasteiger partial charge < -0.3 is 5.73 Å². The molecule has 0 amide bonds. The molecule has 1 aliphatic carbocycles. The van der Waals surface area contributed by atoms with Crippen LogP contribution in [-0.2, 0) is 0 Å². The normalized spacial score (nSPS) is 23.3. The molecule has 0 spiro atoms. The van der Waals surface area contributed by atoms with Crippen molar-refractivity contribution in [1.82, 2.24) is 9.78 Å². The van der Waals surface area contributed by atoms with Gasteiger partial charge in [-0.15, -0.1) is 0 Å². The first kappa shape index (κ1) is 9.46. The zero-order valence-corrected chi connectivity index (χ0v) is 9.30. The SMILES string of the molecule is C[C@@H]1C[C@H]1c1cc(N)n(-c2ccccc2)n1. The van der Waals surface area contributed by atoms with Gasteiger partial charge >= 0.3 is 0 Å². The molecule has 82 valence electrons. The first-order valence-electron chi connectivity index (χ1n) is 5.66. The minimum atomic E-state index is 0.618. The number of hydrogen-bond acceptors (Lipinski definition) is 2. The molecule has 3 heteroatoms. The molecular formula is C13H15N3. The molecule has 2 aromatic rings. The van der Waals surface area contributed by atoms with Gasteiger partial charge in [0.2, 0.25) is 0 Å². The van der Waals surface area contributed by atoms with Gasteiger partial charge in [0, 0.05) is 12.0 Å². The summed E-state index contributed by atoms with van der Waals surface area (Å²) >= 11 is 0. The quantitative estimate of drug-likeness (QED) is 0.833. The van der Waals surface area contributed by atoms with Gasteiger partial charge in [-0.2, -0.15) is 5.10 Å². The van der Waals surface area contributed by atoms with Gasteiger partial charge in [-0.05, 0) is 24.5 Å². The summed E-state index contributed by atoms with van der Waals surface area (Å²) in [6, 6.07) is 12.0. The summed E-state index contributed by atoms with van der Waals surface area (Å²) in [5.74, 6) is 2.10. The highest BCUT2D eigenvalue weighted by atomic mass is 15.3. The van der Waals surface area contributed by atoms with E-state index in [1.54, 1.807) is 0 Å². The van der Waals surface area contributed by atoms with E-state index in [9.17, 15) is 0 Å². The average molecular weight is 213 g/mol. The Balaban J connectivity index is 1.99. The van der Waals surface area contributed by atoms with Crippen LogP contribution in [0.5, 0.6) is 0 Å². The molecule has 1 aromatic carbocycles. The smallest absolute Gasteiger partial charge is 0.127 e. The average Bonchev–Trinajstić information content (AvgIpc) is 2.89. The van der Waals surface area contributed by atoms with E-state index in [1.165, 1.54) is 6.42 Å². The Morgan fingerprint density at radius 1 is 1.31 bits per heavy atom. The number of rotatable bonds is 2. The molecule has 3 nitrogen and oxygen atoms in total. The van der Waals surface area contributed by atoms with Crippen LogP contribution in [0, 0.1) is 5.92 Å². The van der Waals surface area contributed by atoms with Crippen LogP contribution < -0.4 is 5.73 Å². The molecular weight excluding hydrogens is 198 g/mol. The third-order valence-corrected chi connectivity index (χ3v) is 3.25. The van der Waals surface area contributed by atoms with Crippen LogP contribution in [0.25, 0.3) is 5.69 Å². The van der Waals surface area contributed by atoms with Crippen molar-refractivity contribution in [3.05, 3.63) is 42.1 Å². The van der Waals surface area contributed by atoms with Gasteiger partial charge in [0.1, 0.15) is 5.82 Å². The van der Waals surface area contributed by atoms with E-state index in [4.69, 9.17) is 5.73 Å². The van der Waals surface area contributed by atoms with E-state index in [-0.39, 0.29) is 0 Å². The highest BCUT2D eigenvalue weighted by Crippen LogP contribution is 2.46. The van der Waals surface area contributed by atoms with Gasteiger partial charge in [-0.1, -0.05) is 25.1 Å². The first-order chi connectivity index (χ1) is 7.75. The number of nitrogens with two attached hydrogens (primary N) is 1. The van der Waals surface area contributed by atoms with Gasteiger partial charge in [0.25, 0.3) is 0 Å². The molecule has 0 unspecified atom stereocenters. The van der Waals surface area contributed by atoms with Crippen LogP contribution in [-0.4, -0.2) is 9.78 Å². The van der Waals surface area contributed by atoms with Crippen LogP contribution in [0.3, 0.4) is 0 Å². The Morgan fingerprint density at radius 3 is 2.62 bits per heavy atom. The number of benzene rings is 1. The Labute approximate surface area is 94.9 Å². The minimum Gasteiger partial charge on any atom is -0.384 e. The number of para-hydroxylation sites is 1. The van der Waals surface area contributed by atoms with E-state index in [0.29, 0.717) is 5.92 Å². The molecule has 0 saturated heterocycles. The highest BCUT2D eigenvalue weighted by molar-refractivity contribution is 5.44. The Hall–Kier alpha value is -1.77. The summed E-state index contributed by atoms with van der Waals surface area (Å²) < 4.78 is 1.82. The molecule has 1 saturated carbocycles. The topological polar surface area (TPSA) is 43.8 Å². The van der Waals surface area contributed by atoms with Crippen LogP contribution in [0.4, 0.5) is 5.82 Å². The van der Waals surface area contributed by atoms with Gasteiger partial charge in [0.15, 0.2) is 0 Å². The van der Waals surface area contributed by atoms with Crippen molar-refractivity contribution >= 4 is 5.82 Å². The second-order valence-electron chi connectivity index (χ2n) is 4.56. The minimum absolute atomic E-state index is 0.618. The largest absolute Gasteiger partial charge is 0.384 e. The summed E-state index contributed by atoms with van der Waals surface area (Å²) in [5.41, 5.74) is 8.15. The molecule has 0 bridgehead atoms. The lowest BCUT2D eigenvalue weighted by Crippen LogP contribution is -2.01. The van der Waals surface area contributed by atoms with E-state index in [2.05, 4.69) is 12.0 Å². The van der Waals surface area contributed by atoms with Crippen LogP contribution in [0.1, 0.15) is 25.0 Å². The van der Waals surface area contributed by atoms with E-state index >= 15 is 0 Å². The van der Waals surface area contributed by atoms with Crippen LogP contribution in [0.15, 0.2) is 36.4 Å². The lowest BCUT2D eigenvalue weighted by atomic mass is 10.2.